The lowest BCUT2D eigenvalue weighted by Crippen LogP contribution is -1.98. The number of hydrogen-bond acceptors (Lipinski definition) is 0. The van der Waals surface area contributed by atoms with Gasteiger partial charge >= 0.3 is 0 Å². The zero-order valence-corrected chi connectivity index (χ0v) is 9.05. The fraction of sp³-hybridized carbons (Fsp3) is 0.692. The highest BCUT2D eigenvalue weighted by molar-refractivity contribution is 5.27. The number of rotatable bonds is 6. The Kier molecular flexibility index (Phi) is 4.88. The molecule has 0 saturated carbocycles. The maximum absolute atomic E-state index is 2.38. The maximum Gasteiger partial charge on any atom is -0.00170 e. The number of unbranched alkanes of at least 4 members (excludes halogenated alkanes) is 2. The molecule has 1 aliphatic rings. The Morgan fingerprint density at radius 1 is 1.15 bits per heavy atom. The largest absolute Gasteiger partial charge is 0.0773 e. The van der Waals surface area contributed by atoms with Gasteiger partial charge in [-0.05, 0) is 25.2 Å². The van der Waals surface area contributed by atoms with Gasteiger partial charge in [-0.3, -0.25) is 0 Å². The molecule has 0 amide bonds. The van der Waals surface area contributed by atoms with Crippen molar-refractivity contribution in [3.63, 3.8) is 0 Å². The van der Waals surface area contributed by atoms with Gasteiger partial charge in [-0.25, -0.2) is 0 Å². The van der Waals surface area contributed by atoms with Crippen molar-refractivity contribution in [2.45, 2.75) is 52.4 Å². The lowest BCUT2D eigenvalue weighted by Gasteiger charge is -2.12. The number of hydrogen-bond donors (Lipinski definition) is 0. The summed E-state index contributed by atoms with van der Waals surface area (Å²) in [7, 11) is 0. The lowest BCUT2D eigenvalue weighted by atomic mass is 9.93. The van der Waals surface area contributed by atoms with E-state index in [2.05, 4.69) is 32.1 Å². The Morgan fingerprint density at radius 2 is 1.92 bits per heavy atom. The van der Waals surface area contributed by atoms with E-state index in [0.717, 1.165) is 5.92 Å². The van der Waals surface area contributed by atoms with Gasteiger partial charge in [0, 0.05) is 0 Å². The van der Waals surface area contributed by atoms with Gasteiger partial charge in [-0.2, -0.15) is 0 Å². The first-order chi connectivity index (χ1) is 6.38. The third-order valence-electron chi connectivity index (χ3n) is 2.82. The fourth-order valence-corrected chi connectivity index (χ4v) is 1.92. The molecule has 1 rings (SSSR count). The number of allylic oxidation sites excluding steroid dienone is 4. The van der Waals surface area contributed by atoms with Gasteiger partial charge in [-0.1, -0.05) is 56.9 Å². The predicted molar refractivity (Wildman–Crippen MR) is 59.8 cm³/mol. The third-order valence-corrected chi connectivity index (χ3v) is 2.82. The summed E-state index contributed by atoms with van der Waals surface area (Å²) in [6, 6.07) is 0. The molecule has 0 nitrogen and oxygen atoms in total. The second-order valence-corrected chi connectivity index (χ2v) is 3.98. The van der Waals surface area contributed by atoms with Crippen LogP contribution in [0.1, 0.15) is 52.4 Å². The summed E-state index contributed by atoms with van der Waals surface area (Å²) in [4.78, 5) is 0. The van der Waals surface area contributed by atoms with Crippen LogP contribution < -0.4 is 0 Å². The first kappa shape index (κ1) is 10.6. The van der Waals surface area contributed by atoms with Crippen molar-refractivity contribution in [2.24, 2.45) is 5.92 Å². The van der Waals surface area contributed by atoms with Crippen molar-refractivity contribution >= 4 is 0 Å². The minimum absolute atomic E-state index is 0.784. The van der Waals surface area contributed by atoms with Gasteiger partial charge in [0.25, 0.3) is 0 Å². The summed E-state index contributed by atoms with van der Waals surface area (Å²) < 4.78 is 0. The van der Waals surface area contributed by atoms with E-state index < -0.39 is 0 Å². The predicted octanol–water partition coefficient (Wildman–Crippen LogP) is 4.48. The summed E-state index contributed by atoms with van der Waals surface area (Å²) in [6.07, 6.45) is 15.0. The van der Waals surface area contributed by atoms with Crippen LogP contribution in [0.15, 0.2) is 23.8 Å². The van der Waals surface area contributed by atoms with Crippen LogP contribution in [0.25, 0.3) is 0 Å². The quantitative estimate of drug-likeness (QED) is 0.562. The van der Waals surface area contributed by atoms with Crippen LogP contribution in [0, 0.1) is 5.92 Å². The summed E-state index contributed by atoms with van der Waals surface area (Å²) in [5.74, 6) is 0.784. The molecule has 1 atom stereocenters. The van der Waals surface area contributed by atoms with E-state index in [1.807, 2.05) is 0 Å². The molecule has 0 aliphatic heterocycles. The Bertz CT molecular complexity index is 186. The Morgan fingerprint density at radius 3 is 2.62 bits per heavy atom. The van der Waals surface area contributed by atoms with Gasteiger partial charge in [0.2, 0.25) is 0 Å². The summed E-state index contributed by atoms with van der Waals surface area (Å²) in [5.41, 5.74) is 1.68. The SMILES string of the molecule is CCCCC1=CC=CC1CCCC. The lowest BCUT2D eigenvalue weighted by molar-refractivity contribution is 0.595. The van der Waals surface area contributed by atoms with Crippen molar-refractivity contribution in [2.75, 3.05) is 0 Å². The molecular formula is C13H22. The Hall–Kier alpha value is -0.520. The molecule has 0 N–H and O–H groups in total. The molecule has 13 heavy (non-hydrogen) atoms. The van der Waals surface area contributed by atoms with Crippen LogP contribution in [0.3, 0.4) is 0 Å². The van der Waals surface area contributed by atoms with E-state index in [4.69, 9.17) is 0 Å². The zero-order chi connectivity index (χ0) is 9.52. The molecule has 0 aromatic carbocycles. The van der Waals surface area contributed by atoms with E-state index in [9.17, 15) is 0 Å². The molecule has 0 aromatic rings. The average Bonchev–Trinajstić information content (AvgIpc) is 2.59. The molecular weight excluding hydrogens is 156 g/mol. The summed E-state index contributed by atoms with van der Waals surface area (Å²) in [5, 5.41) is 0. The highest BCUT2D eigenvalue weighted by Crippen LogP contribution is 2.28. The van der Waals surface area contributed by atoms with E-state index in [1.165, 1.54) is 38.5 Å². The van der Waals surface area contributed by atoms with E-state index in [1.54, 1.807) is 5.57 Å². The van der Waals surface area contributed by atoms with Crippen LogP contribution in [0.2, 0.25) is 0 Å². The monoisotopic (exact) mass is 178 g/mol. The molecule has 1 aliphatic carbocycles. The Labute approximate surface area is 82.7 Å². The van der Waals surface area contributed by atoms with Crippen LogP contribution in [-0.2, 0) is 0 Å². The summed E-state index contributed by atoms with van der Waals surface area (Å²) in [6.45, 7) is 4.54. The zero-order valence-electron chi connectivity index (χ0n) is 9.05. The second-order valence-electron chi connectivity index (χ2n) is 3.98. The van der Waals surface area contributed by atoms with E-state index in [-0.39, 0.29) is 0 Å². The normalized spacial score (nSPS) is 20.8. The Balaban J connectivity index is 2.28. The van der Waals surface area contributed by atoms with E-state index >= 15 is 0 Å². The van der Waals surface area contributed by atoms with Crippen LogP contribution >= 0.6 is 0 Å². The molecule has 0 spiro atoms. The molecule has 1 unspecified atom stereocenters. The van der Waals surface area contributed by atoms with Crippen molar-refractivity contribution in [3.05, 3.63) is 23.8 Å². The van der Waals surface area contributed by atoms with Crippen molar-refractivity contribution in [3.8, 4) is 0 Å². The van der Waals surface area contributed by atoms with Crippen LogP contribution in [-0.4, -0.2) is 0 Å². The molecule has 0 heteroatoms. The smallest absolute Gasteiger partial charge is 0.00170 e. The van der Waals surface area contributed by atoms with Crippen LogP contribution in [0.4, 0.5) is 0 Å². The molecule has 74 valence electrons. The maximum atomic E-state index is 2.38. The molecule has 0 fully saturated rings. The molecule has 0 heterocycles. The van der Waals surface area contributed by atoms with Gasteiger partial charge in [0.1, 0.15) is 0 Å². The highest BCUT2D eigenvalue weighted by Gasteiger charge is 2.12. The van der Waals surface area contributed by atoms with Gasteiger partial charge in [0.15, 0.2) is 0 Å². The van der Waals surface area contributed by atoms with E-state index in [0.29, 0.717) is 0 Å². The first-order valence-electron chi connectivity index (χ1n) is 5.75. The molecule has 0 bridgehead atoms. The van der Waals surface area contributed by atoms with Crippen LogP contribution in [0.5, 0.6) is 0 Å². The molecule has 0 saturated heterocycles. The average molecular weight is 178 g/mol. The minimum atomic E-state index is 0.784. The minimum Gasteiger partial charge on any atom is -0.0773 e. The van der Waals surface area contributed by atoms with Crippen molar-refractivity contribution in [1.82, 2.24) is 0 Å². The highest BCUT2D eigenvalue weighted by atomic mass is 14.2. The van der Waals surface area contributed by atoms with Crippen molar-refractivity contribution < 1.29 is 0 Å². The van der Waals surface area contributed by atoms with Gasteiger partial charge < -0.3 is 0 Å². The topological polar surface area (TPSA) is 0 Å². The first-order valence-corrected chi connectivity index (χ1v) is 5.75. The van der Waals surface area contributed by atoms with Crippen molar-refractivity contribution in [1.29, 1.82) is 0 Å². The van der Waals surface area contributed by atoms with Gasteiger partial charge in [0.05, 0.1) is 0 Å². The fourth-order valence-electron chi connectivity index (χ4n) is 1.92. The second kappa shape index (κ2) is 6.01. The van der Waals surface area contributed by atoms with Gasteiger partial charge in [-0.15, -0.1) is 0 Å². The molecule has 0 aromatic heterocycles. The molecule has 0 radical (unpaired) electrons. The summed E-state index contributed by atoms with van der Waals surface area (Å²) >= 11 is 0. The standard InChI is InChI=1S/C13H22/c1-3-5-8-12-10-7-11-13(12)9-6-4-2/h7,10-12H,3-6,8-9H2,1-2H3. The third kappa shape index (κ3) is 3.38.